The van der Waals surface area contributed by atoms with Gasteiger partial charge in [0.25, 0.3) is 0 Å². The quantitative estimate of drug-likeness (QED) is 0.319. The van der Waals surface area contributed by atoms with Crippen molar-refractivity contribution in [2.75, 3.05) is 0 Å². The van der Waals surface area contributed by atoms with Crippen molar-refractivity contribution < 1.29 is 29.3 Å². The highest BCUT2D eigenvalue weighted by molar-refractivity contribution is 5.95. The molecular weight excluding hydrogens is 420 g/mol. The Morgan fingerprint density at radius 1 is 0.576 bits per heavy atom. The van der Waals surface area contributed by atoms with Crippen molar-refractivity contribution in [2.45, 2.75) is 6.42 Å². The number of phenols is 2. The number of carbonyl (C=O) groups is 2. The predicted octanol–water partition coefficient (Wildman–Crippen LogP) is 5.13. The molecule has 0 bridgehead atoms. The van der Waals surface area contributed by atoms with Gasteiger partial charge in [0.05, 0.1) is 0 Å². The molecule has 164 valence electrons. The minimum Gasteiger partial charge on any atom is -0.507 e. The molecule has 0 unspecified atom stereocenters. The number of esters is 2. The van der Waals surface area contributed by atoms with Crippen LogP contribution in [0.1, 0.15) is 31.8 Å². The van der Waals surface area contributed by atoms with Gasteiger partial charge in [0.15, 0.2) is 0 Å². The van der Waals surface area contributed by atoms with Crippen LogP contribution in [0.15, 0.2) is 97.1 Å². The van der Waals surface area contributed by atoms with Crippen LogP contribution >= 0.6 is 0 Å². The van der Waals surface area contributed by atoms with E-state index in [9.17, 15) is 19.8 Å². The van der Waals surface area contributed by atoms with Crippen molar-refractivity contribution in [3.8, 4) is 23.0 Å². The normalized spacial score (nSPS) is 10.4. The van der Waals surface area contributed by atoms with Gasteiger partial charge in [-0.1, -0.05) is 48.5 Å². The van der Waals surface area contributed by atoms with E-state index in [-0.39, 0.29) is 22.6 Å². The summed E-state index contributed by atoms with van der Waals surface area (Å²) < 4.78 is 10.6. The second-order valence-corrected chi connectivity index (χ2v) is 7.28. The zero-order chi connectivity index (χ0) is 23.2. The monoisotopic (exact) mass is 440 g/mol. The smallest absolute Gasteiger partial charge is 0.347 e. The van der Waals surface area contributed by atoms with E-state index in [1.807, 2.05) is 0 Å². The van der Waals surface area contributed by atoms with E-state index < -0.39 is 11.9 Å². The lowest BCUT2D eigenvalue weighted by Gasteiger charge is -2.10. The van der Waals surface area contributed by atoms with Gasteiger partial charge in [0.2, 0.25) is 0 Å². The van der Waals surface area contributed by atoms with Gasteiger partial charge in [0.1, 0.15) is 34.1 Å². The summed E-state index contributed by atoms with van der Waals surface area (Å²) in [5, 5.41) is 20.3. The summed E-state index contributed by atoms with van der Waals surface area (Å²) in [6.07, 6.45) is 0.345. The molecular formula is C27H20O6. The van der Waals surface area contributed by atoms with Crippen LogP contribution in [0.4, 0.5) is 0 Å². The maximum Gasteiger partial charge on any atom is 0.347 e. The number of benzene rings is 4. The van der Waals surface area contributed by atoms with E-state index in [0.717, 1.165) is 0 Å². The maximum atomic E-state index is 12.5. The highest BCUT2D eigenvalue weighted by Crippen LogP contribution is 2.25. The summed E-state index contributed by atoms with van der Waals surface area (Å²) in [7, 11) is 0. The summed E-state index contributed by atoms with van der Waals surface area (Å²) in [5.74, 6) is -1.02. The van der Waals surface area contributed by atoms with E-state index in [1.165, 1.54) is 24.3 Å². The first-order valence-corrected chi connectivity index (χ1v) is 10.2. The van der Waals surface area contributed by atoms with Crippen molar-refractivity contribution >= 4 is 11.9 Å². The van der Waals surface area contributed by atoms with Crippen LogP contribution in [0, 0.1) is 0 Å². The molecule has 0 saturated carbocycles. The van der Waals surface area contributed by atoms with E-state index in [0.29, 0.717) is 29.0 Å². The second kappa shape index (κ2) is 9.70. The lowest BCUT2D eigenvalue weighted by atomic mass is 10.00. The second-order valence-electron chi connectivity index (χ2n) is 7.28. The Morgan fingerprint density at radius 3 is 1.36 bits per heavy atom. The molecule has 2 N–H and O–H groups in total. The maximum absolute atomic E-state index is 12.5. The zero-order valence-electron chi connectivity index (χ0n) is 17.5. The Kier molecular flexibility index (Phi) is 6.36. The zero-order valence-corrected chi connectivity index (χ0v) is 17.5. The predicted molar refractivity (Wildman–Crippen MR) is 122 cm³/mol. The fourth-order valence-electron chi connectivity index (χ4n) is 3.25. The van der Waals surface area contributed by atoms with E-state index in [2.05, 4.69) is 0 Å². The minimum absolute atomic E-state index is 0.0267. The molecule has 0 aromatic heterocycles. The van der Waals surface area contributed by atoms with Crippen LogP contribution in [0.5, 0.6) is 23.0 Å². The molecule has 33 heavy (non-hydrogen) atoms. The third-order valence-corrected chi connectivity index (χ3v) is 4.88. The first kappa shape index (κ1) is 21.6. The number of phenolic OH excluding ortho intramolecular Hbond substituents is 2. The molecule has 0 amide bonds. The van der Waals surface area contributed by atoms with Gasteiger partial charge in [-0.05, 0) is 66.1 Å². The van der Waals surface area contributed by atoms with Gasteiger partial charge < -0.3 is 19.7 Å². The average Bonchev–Trinajstić information content (AvgIpc) is 2.82. The van der Waals surface area contributed by atoms with Crippen LogP contribution in [-0.2, 0) is 6.42 Å². The minimum atomic E-state index is -0.682. The molecule has 4 rings (SSSR count). The molecule has 6 heteroatoms. The molecule has 0 heterocycles. The summed E-state index contributed by atoms with van der Waals surface area (Å²) in [4.78, 5) is 25.0. The Bertz CT molecular complexity index is 1180. The third-order valence-electron chi connectivity index (χ3n) is 4.88. The van der Waals surface area contributed by atoms with Gasteiger partial charge in [-0.3, -0.25) is 0 Å². The van der Waals surface area contributed by atoms with Crippen molar-refractivity contribution in [3.05, 3.63) is 119 Å². The number of rotatable bonds is 6. The van der Waals surface area contributed by atoms with Gasteiger partial charge in [-0.15, -0.1) is 0 Å². The van der Waals surface area contributed by atoms with Gasteiger partial charge >= 0.3 is 11.9 Å². The highest BCUT2D eigenvalue weighted by atomic mass is 16.5. The van der Waals surface area contributed by atoms with Crippen LogP contribution in [0.3, 0.4) is 0 Å². The summed E-state index contributed by atoms with van der Waals surface area (Å²) in [5.41, 5.74) is 1.47. The Balaban J connectivity index is 1.53. The fraction of sp³-hybridized carbons (Fsp3) is 0.0370. The van der Waals surface area contributed by atoms with E-state index in [1.54, 1.807) is 72.8 Å². The van der Waals surface area contributed by atoms with Crippen molar-refractivity contribution in [3.63, 3.8) is 0 Å². The lowest BCUT2D eigenvalue weighted by molar-refractivity contribution is 0.0721. The van der Waals surface area contributed by atoms with E-state index >= 15 is 0 Å². The molecule has 4 aromatic carbocycles. The first-order valence-electron chi connectivity index (χ1n) is 10.2. The topological polar surface area (TPSA) is 93.1 Å². The Morgan fingerprint density at radius 2 is 0.970 bits per heavy atom. The molecule has 0 radical (unpaired) electrons. The van der Waals surface area contributed by atoms with Crippen molar-refractivity contribution in [2.24, 2.45) is 0 Å². The Hall–Kier alpha value is -4.58. The van der Waals surface area contributed by atoms with Gasteiger partial charge in [0, 0.05) is 0 Å². The van der Waals surface area contributed by atoms with Crippen LogP contribution in [0.25, 0.3) is 0 Å². The molecule has 0 aliphatic rings. The largest absolute Gasteiger partial charge is 0.507 e. The first-order chi connectivity index (χ1) is 16.0. The van der Waals surface area contributed by atoms with E-state index in [4.69, 9.17) is 9.47 Å². The average molecular weight is 440 g/mol. The SMILES string of the molecule is O=C(Oc1ccccc1)c1cc(Cc2ccc(O)c(C(=O)Oc3ccccc3)c2)ccc1O. The summed E-state index contributed by atoms with van der Waals surface area (Å²) in [6.45, 7) is 0. The number of para-hydroxylation sites is 2. The number of hydrogen-bond donors (Lipinski definition) is 2. The molecule has 0 aliphatic heterocycles. The van der Waals surface area contributed by atoms with Crippen molar-refractivity contribution in [1.29, 1.82) is 0 Å². The molecule has 0 spiro atoms. The summed E-state index contributed by atoms with van der Waals surface area (Å²) in [6, 6.07) is 26.4. The third kappa shape index (κ3) is 5.37. The molecule has 4 aromatic rings. The number of carbonyl (C=O) groups excluding carboxylic acids is 2. The van der Waals surface area contributed by atoms with Crippen molar-refractivity contribution in [1.82, 2.24) is 0 Å². The standard InChI is InChI=1S/C27H20O6/c28-24-13-11-18(16-22(24)26(30)32-20-7-3-1-4-8-20)15-19-12-14-25(29)23(17-19)27(31)33-21-9-5-2-6-10-21/h1-14,16-17,28-29H,15H2. The Labute approximate surface area is 190 Å². The number of ether oxygens (including phenoxy) is 2. The summed E-state index contributed by atoms with van der Waals surface area (Å²) >= 11 is 0. The lowest BCUT2D eigenvalue weighted by Crippen LogP contribution is -2.10. The molecule has 0 saturated heterocycles. The number of aromatic hydroxyl groups is 2. The molecule has 0 aliphatic carbocycles. The highest BCUT2D eigenvalue weighted by Gasteiger charge is 2.17. The molecule has 6 nitrogen and oxygen atoms in total. The fourth-order valence-corrected chi connectivity index (χ4v) is 3.25. The molecule has 0 atom stereocenters. The van der Waals surface area contributed by atoms with Crippen LogP contribution < -0.4 is 9.47 Å². The van der Waals surface area contributed by atoms with Gasteiger partial charge in [-0.25, -0.2) is 9.59 Å². The van der Waals surface area contributed by atoms with Crippen LogP contribution in [-0.4, -0.2) is 22.2 Å². The van der Waals surface area contributed by atoms with Gasteiger partial charge in [-0.2, -0.15) is 0 Å². The molecule has 0 fully saturated rings. The number of hydrogen-bond acceptors (Lipinski definition) is 6. The van der Waals surface area contributed by atoms with Crippen LogP contribution in [0.2, 0.25) is 0 Å².